The van der Waals surface area contributed by atoms with E-state index in [4.69, 9.17) is 29.1 Å². The molecule has 0 aromatic heterocycles. The van der Waals surface area contributed by atoms with Crippen molar-refractivity contribution in [2.24, 2.45) is 0 Å². The van der Waals surface area contributed by atoms with Crippen molar-refractivity contribution in [1.82, 2.24) is 0 Å². The zero-order valence-corrected chi connectivity index (χ0v) is 21.5. The molecule has 0 bridgehead atoms. The lowest BCUT2D eigenvalue weighted by molar-refractivity contribution is 0.140. The molecule has 192 valence electrons. The molecule has 1 saturated heterocycles. The molecule has 1 aliphatic carbocycles. The van der Waals surface area contributed by atoms with E-state index in [1.807, 2.05) is 18.2 Å². The molecule has 0 radical (unpaired) electrons. The highest BCUT2D eigenvalue weighted by Crippen LogP contribution is 2.43. The van der Waals surface area contributed by atoms with Crippen LogP contribution in [0.15, 0.2) is 48.5 Å². The van der Waals surface area contributed by atoms with Crippen molar-refractivity contribution in [2.75, 3.05) is 26.9 Å². The molecule has 0 amide bonds. The first-order valence-corrected chi connectivity index (χ1v) is 13.1. The summed E-state index contributed by atoms with van der Waals surface area (Å²) >= 11 is 0. The second kappa shape index (κ2) is 10.1. The van der Waals surface area contributed by atoms with Gasteiger partial charge in [0.25, 0.3) is 0 Å². The zero-order chi connectivity index (χ0) is 25.4. The largest absolute Gasteiger partial charge is 0.492 e. The molecular weight excluding hydrogens is 466 g/mol. The molecule has 3 aromatic carbocycles. The Hall–Kier alpha value is -3.51. The number of benzene rings is 3. The molecule has 6 nitrogen and oxygen atoms in total. The second-order valence-electron chi connectivity index (χ2n) is 10.2. The molecule has 6 heteroatoms. The summed E-state index contributed by atoms with van der Waals surface area (Å²) in [5, 5.41) is 7.81. The minimum absolute atomic E-state index is 0.150. The van der Waals surface area contributed by atoms with Crippen molar-refractivity contribution in [3.8, 4) is 28.4 Å². The Kier molecular flexibility index (Phi) is 6.51. The van der Waals surface area contributed by atoms with Gasteiger partial charge in [-0.05, 0) is 71.3 Å². The maximum Gasteiger partial charge on any atom is 0.180 e. The zero-order valence-electron chi connectivity index (χ0n) is 21.5. The molecule has 2 heterocycles. The van der Waals surface area contributed by atoms with Gasteiger partial charge in [-0.1, -0.05) is 24.3 Å². The van der Waals surface area contributed by atoms with Crippen molar-refractivity contribution in [3.63, 3.8) is 0 Å². The first kappa shape index (κ1) is 23.9. The quantitative estimate of drug-likeness (QED) is 0.304. The van der Waals surface area contributed by atoms with Crippen molar-refractivity contribution in [2.45, 2.75) is 51.2 Å². The Balaban J connectivity index is 1.16. The van der Waals surface area contributed by atoms with E-state index in [9.17, 15) is 0 Å². The number of aryl methyl sites for hydroxylation is 1. The van der Waals surface area contributed by atoms with E-state index in [0.29, 0.717) is 26.2 Å². The van der Waals surface area contributed by atoms with Gasteiger partial charge in [0.2, 0.25) is 0 Å². The summed E-state index contributed by atoms with van der Waals surface area (Å²) in [6.07, 6.45) is 3.84. The van der Waals surface area contributed by atoms with Gasteiger partial charge < -0.3 is 23.7 Å². The van der Waals surface area contributed by atoms with Gasteiger partial charge in [0.05, 0.1) is 26.9 Å². The lowest BCUT2D eigenvalue weighted by atomic mass is 9.79. The summed E-state index contributed by atoms with van der Waals surface area (Å²) in [4.78, 5) is 0. The highest BCUT2D eigenvalue weighted by atomic mass is 16.5. The summed E-state index contributed by atoms with van der Waals surface area (Å²) in [5.41, 5.74) is 8.81. The second-order valence-corrected chi connectivity index (χ2v) is 10.2. The molecule has 37 heavy (non-hydrogen) atoms. The number of fused-ring (bicyclic) bond motifs is 2. The first-order chi connectivity index (χ1) is 18.1. The summed E-state index contributed by atoms with van der Waals surface area (Å²) in [5.74, 6) is 3.08. The average molecular weight is 500 g/mol. The van der Waals surface area contributed by atoms with Gasteiger partial charge in [-0.25, -0.2) is 0 Å². The van der Waals surface area contributed by atoms with Crippen molar-refractivity contribution >= 4 is 5.90 Å². The third-order valence-electron chi connectivity index (χ3n) is 7.68. The Morgan fingerprint density at radius 3 is 2.73 bits per heavy atom. The fourth-order valence-electron chi connectivity index (χ4n) is 5.62. The Morgan fingerprint density at radius 1 is 1.05 bits per heavy atom. The molecule has 0 saturated carbocycles. The normalized spacial score (nSPS) is 19.4. The van der Waals surface area contributed by atoms with E-state index in [-0.39, 0.29) is 17.9 Å². The van der Waals surface area contributed by atoms with Gasteiger partial charge in [-0.2, -0.15) is 0 Å². The molecule has 2 unspecified atom stereocenters. The third kappa shape index (κ3) is 4.78. The maximum absolute atomic E-state index is 7.81. The van der Waals surface area contributed by atoms with Crippen LogP contribution in [-0.4, -0.2) is 38.9 Å². The Morgan fingerprint density at radius 2 is 1.95 bits per heavy atom. The molecule has 0 spiro atoms. The van der Waals surface area contributed by atoms with Crippen molar-refractivity contribution in [1.29, 1.82) is 5.41 Å². The van der Waals surface area contributed by atoms with Gasteiger partial charge in [0, 0.05) is 30.4 Å². The Labute approximate surface area is 218 Å². The van der Waals surface area contributed by atoms with Gasteiger partial charge in [0.1, 0.15) is 30.0 Å². The highest BCUT2D eigenvalue weighted by Gasteiger charge is 2.28. The molecule has 6 rings (SSSR count). The van der Waals surface area contributed by atoms with Crippen LogP contribution >= 0.6 is 0 Å². The predicted octanol–water partition coefficient (Wildman–Crippen LogP) is 6.00. The maximum atomic E-state index is 7.81. The number of rotatable bonds is 8. The molecule has 2 aliphatic heterocycles. The minimum atomic E-state index is 0.150. The fourth-order valence-corrected chi connectivity index (χ4v) is 5.62. The van der Waals surface area contributed by atoms with Crippen molar-refractivity contribution < 1.29 is 23.7 Å². The van der Waals surface area contributed by atoms with Crippen LogP contribution in [0.1, 0.15) is 46.6 Å². The number of ether oxygens (including phenoxy) is 5. The SMILES string of the molecule is COC(=N)CC1COc2cc(OCc3cccc(-c4c(C)cc(OC5CCOC5)c5c4CC5)c3)ccc21. The van der Waals surface area contributed by atoms with Gasteiger partial charge in [-0.15, -0.1) is 0 Å². The van der Waals surface area contributed by atoms with Crippen LogP contribution in [0.2, 0.25) is 0 Å². The third-order valence-corrected chi connectivity index (χ3v) is 7.68. The van der Waals surface area contributed by atoms with Crippen LogP contribution in [0.5, 0.6) is 17.2 Å². The first-order valence-electron chi connectivity index (χ1n) is 13.1. The minimum Gasteiger partial charge on any atom is -0.492 e. The van der Waals surface area contributed by atoms with Gasteiger partial charge in [0.15, 0.2) is 5.90 Å². The summed E-state index contributed by atoms with van der Waals surface area (Å²) in [7, 11) is 1.54. The predicted molar refractivity (Wildman–Crippen MR) is 142 cm³/mol. The summed E-state index contributed by atoms with van der Waals surface area (Å²) in [6.45, 7) is 4.70. The van der Waals surface area contributed by atoms with E-state index in [0.717, 1.165) is 54.2 Å². The van der Waals surface area contributed by atoms with E-state index in [2.05, 4.69) is 37.3 Å². The van der Waals surface area contributed by atoms with Crippen LogP contribution in [-0.2, 0) is 28.9 Å². The lowest BCUT2D eigenvalue weighted by Gasteiger charge is -2.29. The molecule has 1 N–H and O–H groups in total. The van der Waals surface area contributed by atoms with E-state index < -0.39 is 0 Å². The molecule has 3 aliphatic rings. The molecule has 2 atom stereocenters. The summed E-state index contributed by atoms with van der Waals surface area (Å²) < 4.78 is 28.9. The smallest absolute Gasteiger partial charge is 0.180 e. The van der Waals surface area contributed by atoms with Crippen LogP contribution < -0.4 is 14.2 Å². The molecule has 3 aromatic rings. The monoisotopic (exact) mass is 499 g/mol. The topological polar surface area (TPSA) is 70.0 Å². The standard InChI is InChI=1S/C31H33NO5/c1-19-12-29(37-24-10-11-34-18-24)26-8-9-27(26)31(19)21-5-3-4-20(13-21)16-35-23-6-7-25-22(14-30(32)33-2)17-36-28(25)15-23/h3-7,12-13,15,22,24,32H,8-11,14,16-18H2,1-2H3. The van der Waals surface area contributed by atoms with E-state index in [1.54, 1.807) is 0 Å². The number of hydrogen-bond donors (Lipinski definition) is 1. The number of nitrogens with one attached hydrogen (secondary N) is 1. The van der Waals surface area contributed by atoms with Crippen molar-refractivity contribution in [3.05, 3.63) is 76.3 Å². The van der Waals surface area contributed by atoms with Crippen LogP contribution in [0.4, 0.5) is 0 Å². The number of methoxy groups -OCH3 is 1. The van der Waals surface area contributed by atoms with E-state index >= 15 is 0 Å². The van der Waals surface area contributed by atoms with Gasteiger partial charge >= 0.3 is 0 Å². The molecular formula is C31H33NO5. The van der Waals surface area contributed by atoms with Gasteiger partial charge in [-0.3, -0.25) is 5.41 Å². The molecule has 1 fully saturated rings. The van der Waals surface area contributed by atoms with Crippen LogP contribution in [0.3, 0.4) is 0 Å². The van der Waals surface area contributed by atoms with Crippen LogP contribution in [0, 0.1) is 12.3 Å². The van der Waals surface area contributed by atoms with E-state index in [1.165, 1.54) is 34.9 Å². The highest BCUT2D eigenvalue weighted by molar-refractivity contribution is 5.77. The number of hydrogen-bond acceptors (Lipinski definition) is 6. The fraction of sp³-hybridized carbons (Fsp3) is 0.387. The lowest BCUT2D eigenvalue weighted by Crippen LogP contribution is -2.20. The Bertz CT molecular complexity index is 1330. The summed E-state index contributed by atoms with van der Waals surface area (Å²) in [6, 6.07) is 16.9. The van der Waals surface area contributed by atoms with Crippen LogP contribution in [0.25, 0.3) is 11.1 Å². The average Bonchev–Trinajstić information content (AvgIpc) is 3.54.